The monoisotopic (exact) mass is 256 g/mol. The van der Waals surface area contributed by atoms with E-state index in [1.54, 1.807) is 24.4 Å². The number of hydrogen-bond acceptors (Lipinski definition) is 4. The number of rotatable bonds is 1. The van der Waals surface area contributed by atoms with Gasteiger partial charge in [-0.2, -0.15) is 4.90 Å². The minimum atomic E-state index is -0.411. The SMILES string of the molecule is Nc1ccc(-c2cc3c[nH][nH]c-3cc2=[N+]([O-])[O-])cn1. The number of fused-ring (bicyclic) bond motifs is 1. The number of hydrogen-bond donors (Lipinski definition) is 3. The quantitative estimate of drug-likeness (QED) is 0.559. The largest absolute Gasteiger partial charge is 0.612 e. The number of aromatic nitrogens is 3. The average Bonchev–Trinajstić information content (AvgIpc) is 2.85. The van der Waals surface area contributed by atoms with Gasteiger partial charge in [-0.15, -0.1) is 0 Å². The third-order valence-corrected chi connectivity index (χ3v) is 2.90. The summed E-state index contributed by atoms with van der Waals surface area (Å²) in [4.78, 5) is 3.55. The van der Waals surface area contributed by atoms with Crippen molar-refractivity contribution in [2.24, 2.45) is 0 Å². The van der Waals surface area contributed by atoms with Crippen molar-refractivity contribution in [3.05, 3.63) is 52.4 Å². The maximum absolute atomic E-state index is 11.2. The predicted octanol–water partition coefficient (Wildman–Crippen LogP) is 0.860. The van der Waals surface area contributed by atoms with E-state index in [1.807, 2.05) is 0 Å². The zero-order valence-corrected chi connectivity index (χ0v) is 9.75. The molecule has 0 fully saturated rings. The molecule has 1 aromatic rings. The molecule has 1 aliphatic carbocycles. The minimum absolute atomic E-state index is 0.0231. The van der Waals surface area contributed by atoms with Gasteiger partial charge in [-0.1, -0.05) is 0 Å². The van der Waals surface area contributed by atoms with E-state index in [-0.39, 0.29) is 5.36 Å². The van der Waals surface area contributed by atoms with E-state index < -0.39 is 4.90 Å². The molecule has 7 nitrogen and oxygen atoms in total. The number of H-pyrrole nitrogens is 2. The molecule has 0 spiro atoms. The van der Waals surface area contributed by atoms with Crippen LogP contribution >= 0.6 is 0 Å². The van der Waals surface area contributed by atoms with Gasteiger partial charge in [0.15, 0.2) is 0 Å². The number of pyridine rings is 1. The van der Waals surface area contributed by atoms with Crippen molar-refractivity contribution < 1.29 is 0 Å². The van der Waals surface area contributed by atoms with Crippen molar-refractivity contribution in [1.82, 2.24) is 20.1 Å². The van der Waals surface area contributed by atoms with Crippen LogP contribution in [0.5, 0.6) is 0 Å². The van der Waals surface area contributed by atoms with Gasteiger partial charge in [-0.05, 0) is 18.2 Å². The fraction of sp³-hybridized carbons (Fsp3) is 0. The van der Waals surface area contributed by atoms with E-state index in [0.717, 1.165) is 5.56 Å². The molecule has 0 amide bonds. The van der Waals surface area contributed by atoms with E-state index in [0.29, 0.717) is 22.6 Å². The molecule has 3 rings (SSSR count). The fourth-order valence-corrected chi connectivity index (χ4v) is 1.97. The predicted molar refractivity (Wildman–Crippen MR) is 71.4 cm³/mol. The molecule has 2 heterocycles. The highest BCUT2D eigenvalue weighted by molar-refractivity contribution is 5.72. The van der Waals surface area contributed by atoms with E-state index in [4.69, 9.17) is 5.73 Å². The molecule has 0 bridgehead atoms. The topological polar surface area (TPSA) is 120 Å². The number of nitrogens with two attached hydrogens (primary N) is 1. The molecule has 0 saturated carbocycles. The number of benzene rings is 1. The second-order valence-electron chi connectivity index (χ2n) is 4.10. The Morgan fingerprint density at radius 3 is 2.68 bits per heavy atom. The summed E-state index contributed by atoms with van der Waals surface area (Å²) in [6, 6.07) is 6.57. The van der Waals surface area contributed by atoms with Crippen molar-refractivity contribution in [1.29, 1.82) is 0 Å². The third-order valence-electron chi connectivity index (χ3n) is 2.90. The summed E-state index contributed by atoms with van der Waals surface area (Å²) in [6.45, 7) is 0. The van der Waals surface area contributed by atoms with Gasteiger partial charge in [0, 0.05) is 29.6 Å². The third kappa shape index (κ3) is 1.86. The van der Waals surface area contributed by atoms with Gasteiger partial charge in [0.05, 0.1) is 11.3 Å². The molecule has 0 aromatic carbocycles. The van der Waals surface area contributed by atoms with Gasteiger partial charge in [0.1, 0.15) is 5.82 Å². The number of nitrogens with zero attached hydrogens (tertiary/aromatic N) is 2. The maximum Gasteiger partial charge on any atom is 0.232 e. The number of aromatic amines is 2. The van der Waals surface area contributed by atoms with Crippen molar-refractivity contribution in [2.45, 2.75) is 0 Å². The Morgan fingerprint density at radius 1 is 1.16 bits per heavy atom. The summed E-state index contributed by atoms with van der Waals surface area (Å²) in [5.74, 6) is 0.377. The van der Waals surface area contributed by atoms with E-state index >= 15 is 0 Å². The van der Waals surface area contributed by atoms with Crippen LogP contribution in [0.2, 0.25) is 0 Å². The van der Waals surface area contributed by atoms with Crippen molar-refractivity contribution in [3.63, 3.8) is 0 Å². The first kappa shape index (κ1) is 11.1. The number of anilines is 1. The highest BCUT2D eigenvalue weighted by Gasteiger charge is 2.12. The molecule has 7 heteroatoms. The lowest BCUT2D eigenvalue weighted by Crippen LogP contribution is -2.21. The number of nitrogens with one attached hydrogen (secondary N) is 2. The Morgan fingerprint density at radius 2 is 2.00 bits per heavy atom. The van der Waals surface area contributed by atoms with Gasteiger partial charge in [-0.25, -0.2) is 4.98 Å². The standard InChI is InChI=1S/C12H10N5O2/c13-12-2-1-7(5-14-12)9-3-8-6-15-16-10(8)4-11(9)17(18)19/h1-6,15-16H,(H2-,13,14,18,19)/q-1. The van der Waals surface area contributed by atoms with Crippen LogP contribution in [0.1, 0.15) is 0 Å². The van der Waals surface area contributed by atoms with Gasteiger partial charge in [0.2, 0.25) is 5.36 Å². The minimum Gasteiger partial charge on any atom is -0.612 e. The molecule has 2 aliphatic rings. The van der Waals surface area contributed by atoms with Crippen LogP contribution in [-0.4, -0.2) is 15.2 Å². The molecule has 0 saturated heterocycles. The first-order valence-electron chi connectivity index (χ1n) is 5.54. The van der Waals surface area contributed by atoms with Crippen LogP contribution in [0.3, 0.4) is 0 Å². The van der Waals surface area contributed by atoms with E-state index in [9.17, 15) is 10.4 Å². The Bertz CT molecular complexity index is 753. The molecular weight excluding hydrogens is 246 g/mol. The van der Waals surface area contributed by atoms with Crippen molar-refractivity contribution in [2.75, 3.05) is 5.73 Å². The molecule has 1 aliphatic heterocycles. The van der Waals surface area contributed by atoms with Gasteiger partial charge in [0.25, 0.3) is 0 Å². The molecule has 0 unspecified atom stereocenters. The first-order chi connectivity index (χ1) is 9.15. The van der Waals surface area contributed by atoms with E-state index in [1.165, 1.54) is 12.3 Å². The van der Waals surface area contributed by atoms with Crippen molar-refractivity contribution in [3.8, 4) is 22.4 Å². The molecule has 0 atom stereocenters. The van der Waals surface area contributed by atoms with Crippen LogP contribution in [0, 0.1) is 10.4 Å². The number of nitrogen functional groups attached to an aromatic ring is 1. The molecule has 0 radical (unpaired) electrons. The van der Waals surface area contributed by atoms with Crippen LogP contribution in [0.15, 0.2) is 36.7 Å². The maximum atomic E-state index is 11.2. The second kappa shape index (κ2) is 4.05. The summed E-state index contributed by atoms with van der Waals surface area (Å²) < 4.78 is 0. The molecule has 96 valence electrons. The normalized spacial score (nSPS) is 10.7. The van der Waals surface area contributed by atoms with Crippen LogP contribution in [-0.2, 0) is 0 Å². The smallest absolute Gasteiger partial charge is 0.232 e. The zero-order valence-electron chi connectivity index (χ0n) is 9.75. The Kier molecular flexibility index (Phi) is 2.38. The highest BCUT2D eigenvalue weighted by atomic mass is 16.8. The second-order valence-corrected chi connectivity index (χ2v) is 4.10. The van der Waals surface area contributed by atoms with Gasteiger partial charge < -0.3 is 26.3 Å². The summed E-state index contributed by atoms with van der Waals surface area (Å²) in [7, 11) is 0. The summed E-state index contributed by atoms with van der Waals surface area (Å²) in [5, 5.41) is 28.0. The lowest BCUT2D eigenvalue weighted by Gasteiger charge is -2.08. The van der Waals surface area contributed by atoms with Crippen molar-refractivity contribution >= 4 is 5.82 Å². The molecular formula is C12H10N5O2-. The van der Waals surface area contributed by atoms with Gasteiger partial charge >= 0.3 is 0 Å². The molecule has 4 N–H and O–H groups in total. The Labute approximate surface area is 107 Å². The Balaban J connectivity index is 2.34. The lowest BCUT2D eigenvalue weighted by atomic mass is 10.0. The fourth-order valence-electron chi connectivity index (χ4n) is 1.97. The Hall–Kier alpha value is -2.96. The summed E-state index contributed by atoms with van der Waals surface area (Å²) in [5.41, 5.74) is 8.23. The average molecular weight is 256 g/mol. The highest BCUT2D eigenvalue weighted by Crippen LogP contribution is 2.23. The van der Waals surface area contributed by atoms with Crippen LogP contribution in [0.25, 0.3) is 22.4 Å². The molecule has 1 aromatic heterocycles. The zero-order chi connectivity index (χ0) is 13.4. The van der Waals surface area contributed by atoms with Crippen LogP contribution < -0.4 is 16.0 Å². The summed E-state index contributed by atoms with van der Waals surface area (Å²) >= 11 is 0. The van der Waals surface area contributed by atoms with Gasteiger partial charge in [-0.3, -0.25) is 0 Å². The van der Waals surface area contributed by atoms with Crippen LogP contribution in [0.4, 0.5) is 5.82 Å². The lowest BCUT2D eigenvalue weighted by molar-refractivity contribution is 0.968. The van der Waals surface area contributed by atoms with E-state index in [2.05, 4.69) is 15.2 Å². The summed E-state index contributed by atoms with van der Waals surface area (Å²) in [6.07, 6.45) is 3.27. The first-order valence-corrected chi connectivity index (χ1v) is 5.54. The molecule has 19 heavy (non-hydrogen) atoms.